The van der Waals surface area contributed by atoms with E-state index in [1.165, 1.54) is 43.4 Å². The van der Waals surface area contributed by atoms with Crippen molar-refractivity contribution in [3.05, 3.63) is 212 Å². The minimum atomic E-state index is 0.697. The van der Waals surface area contributed by atoms with Crippen LogP contribution in [-0.4, -0.2) is 14.5 Å². The van der Waals surface area contributed by atoms with Gasteiger partial charge in [0.05, 0.1) is 22.2 Å². The maximum atomic E-state index is 5.55. The highest BCUT2D eigenvalue weighted by Crippen LogP contribution is 2.42. The van der Waals surface area contributed by atoms with Crippen molar-refractivity contribution in [2.75, 3.05) is 0 Å². The predicted molar refractivity (Wildman–Crippen MR) is 248 cm³/mol. The first-order valence-electron chi connectivity index (χ1n) is 20.1. The van der Waals surface area contributed by atoms with Crippen molar-refractivity contribution in [1.82, 2.24) is 14.5 Å². The van der Waals surface area contributed by atoms with Crippen LogP contribution >= 0.6 is 0 Å². The number of aromatic nitrogens is 3. The second-order valence-corrected chi connectivity index (χ2v) is 15.4. The highest BCUT2D eigenvalue weighted by Gasteiger charge is 2.21. The van der Waals surface area contributed by atoms with Crippen molar-refractivity contribution in [2.45, 2.75) is 0 Å². The van der Waals surface area contributed by atoms with Crippen molar-refractivity contribution in [2.24, 2.45) is 0 Å². The van der Waals surface area contributed by atoms with Gasteiger partial charge in [0.25, 0.3) is 0 Å². The zero-order valence-corrected chi connectivity index (χ0v) is 32.0. The lowest BCUT2D eigenvalue weighted by Crippen LogP contribution is -1.99. The molecule has 0 aliphatic carbocycles. The first-order chi connectivity index (χ1) is 29.2. The molecule has 2 heterocycles. The molecule has 3 nitrogen and oxygen atoms in total. The van der Waals surface area contributed by atoms with Gasteiger partial charge in [-0.1, -0.05) is 164 Å². The molecule has 0 atom stereocenters. The molecule has 59 heavy (non-hydrogen) atoms. The van der Waals surface area contributed by atoms with Crippen LogP contribution in [0.5, 0.6) is 0 Å². The fourth-order valence-corrected chi connectivity index (χ4v) is 9.11. The van der Waals surface area contributed by atoms with E-state index in [9.17, 15) is 0 Å². The number of hydrogen-bond acceptors (Lipinski definition) is 2. The molecule has 12 aromatic rings. The third-order valence-corrected chi connectivity index (χ3v) is 11.9. The van der Waals surface area contributed by atoms with Gasteiger partial charge in [0.2, 0.25) is 0 Å². The van der Waals surface area contributed by atoms with Gasteiger partial charge in [-0.3, -0.25) is 0 Å². The van der Waals surface area contributed by atoms with Gasteiger partial charge in [0, 0.05) is 33.0 Å². The lowest BCUT2D eigenvalue weighted by molar-refractivity contribution is 1.18. The third kappa shape index (κ3) is 5.51. The van der Waals surface area contributed by atoms with Crippen molar-refractivity contribution in [3.8, 4) is 50.6 Å². The fourth-order valence-electron chi connectivity index (χ4n) is 9.11. The Bertz CT molecular complexity index is 3600. The van der Waals surface area contributed by atoms with Gasteiger partial charge in [-0.15, -0.1) is 0 Å². The SMILES string of the molecule is c1ccc(-c2ccc3nc(-c4cc(-n5c6cc7ccccc7cc6c6c(-c7ccccc7)cccc65)cc5ccccc45)nc(-c4ccc5ccccc5c4)c3c2)cc1. The Balaban J connectivity index is 1.15. The molecule has 0 fully saturated rings. The van der Waals surface area contributed by atoms with E-state index in [0.29, 0.717) is 5.82 Å². The molecule has 0 N–H and O–H groups in total. The van der Waals surface area contributed by atoms with Crippen LogP contribution in [0.15, 0.2) is 212 Å². The second kappa shape index (κ2) is 13.4. The summed E-state index contributed by atoms with van der Waals surface area (Å²) >= 11 is 0. The van der Waals surface area contributed by atoms with E-state index in [-0.39, 0.29) is 0 Å². The molecule has 0 aliphatic heterocycles. The van der Waals surface area contributed by atoms with E-state index in [1.54, 1.807) is 0 Å². The second-order valence-electron chi connectivity index (χ2n) is 15.4. The third-order valence-electron chi connectivity index (χ3n) is 11.9. The quantitative estimate of drug-likeness (QED) is 0.175. The summed E-state index contributed by atoms with van der Waals surface area (Å²) in [7, 11) is 0. The average molecular weight is 750 g/mol. The van der Waals surface area contributed by atoms with Gasteiger partial charge < -0.3 is 4.57 Å². The number of fused-ring (bicyclic) bond motifs is 7. The maximum absolute atomic E-state index is 5.55. The van der Waals surface area contributed by atoms with Crippen LogP contribution in [0.4, 0.5) is 0 Å². The summed E-state index contributed by atoms with van der Waals surface area (Å²) in [5, 5.41) is 10.5. The molecule has 0 radical (unpaired) electrons. The summed E-state index contributed by atoms with van der Waals surface area (Å²) in [6, 6.07) is 76.4. The number of benzene rings is 10. The molecular weight excluding hydrogens is 715 g/mol. The van der Waals surface area contributed by atoms with Crippen molar-refractivity contribution in [1.29, 1.82) is 0 Å². The van der Waals surface area contributed by atoms with Gasteiger partial charge >= 0.3 is 0 Å². The van der Waals surface area contributed by atoms with Gasteiger partial charge in [-0.05, 0) is 103 Å². The summed E-state index contributed by atoms with van der Waals surface area (Å²) in [5.41, 5.74) is 12.0. The highest BCUT2D eigenvalue weighted by atomic mass is 15.0. The first kappa shape index (κ1) is 33.3. The van der Waals surface area contributed by atoms with E-state index >= 15 is 0 Å². The topological polar surface area (TPSA) is 30.7 Å². The molecule has 0 amide bonds. The Morgan fingerprint density at radius 1 is 0.322 bits per heavy atom. The Labute approximate surface area is 341 Å². The Morgan fingerprint density at radius 2 is 0.983 bits per heavy atom. The minimum absolute atomic E-state index is 0.697. The van der Waals surface area contributed by atoms with E-state index in [0.717, 1.165) is 66.3 Å². The Hall–Kier alpha value is -7.88. The van der Waals surface area contributed by atoms with E-state index in [1.807, 2.05) is 0 Å². The molecule has 0 saturated heterocycles. The predicted octanol–water partition coefficient (Wildman–Crippen LogP) is 14.9. The molecule has 2 aromatic heterocycles. The molecule has 0 spiro atoms. The van der Waals surface area contributed by atoms with Crippen LogP contribution in [-0.2, 0) is 0 Å². The lowest BCUT2D eigenvalue weighted by Gasteiger charge is -2.16. The molecule has 3 heteroatoms. The fraction of sp³-hybridized carbons (Fsp3) is 0. The summed E-state index contributed by atoms with van der Waals surface area (Å²) in [6.07, 6.45) is 0. The summed E-state index contributed by atoms with van der Waals surface area (Å²) in [6.45, 7) is 0. The Morgan fingerprint density at radius 3 is 1.78 bits per heavy atom. The molecule has 274 valence electrons. The van der Waals surface area contributed by atoms with Gasteiger partial charge in [0.15, 0.2) is 5.82 Å². The zero-order valence-electron chi connectivity index (χ0n) is 32.0. The van der Waals surface area contributed by atoms with Crippen molar-refractivity contribution in [3.63, 3.8) is 0 Å². The molecule has 12 rings (SSSR count). The summed E-state index contributed by atoms with van der Waals surface area (Å²) in [5.74, 6) is 0.697. The molecule has 0 unspecified atom stereocenters. The van der Waals surface area contributed by atoms with Gasteiger partial charge in [0.1, 0.15) is 0 Å². The van der Waals surface area contributed by atoms with E-state index < -0.39 is 0 Å². The van der Waals surface area contributed by atoms with E-state index in [2.05, 4.69) is 217 Å². The monoisotopic (exact) mass is 749 g/mol. The normalized spacial score (nSPS) is 11.7. The first-order valence-corrected chi connectivity index (χ1v) is 20.1. The van der Waals surface area contributed by atoms with Gasteiger partial charge in [-0.2, -0.15) is 0 Å². The zero-order chi connectivity index (χ0) is 38.9. The smallest absolute Gasteiger partial charge is 0.161 e. The Kier molecular flexibility index (Phi) is 7.54. The van der Waals surface area contributed by atoms with Crippen LogP contribution in [0.2, 0.25) is 0 Å². The average Bonchev–Trinajstić information content (AvgIpc) is 3.63. The van der Waals surface area contributed by atoms with Crippen molar-refractivity contribution >= 4 is 65.0 Å². The maximum Gasteiger partial charge on any atom is 0.161 e. The van der Waals surface area contributed by atoms with Crippen LogP contribution in [0.25, 0.3) is 116 Å². The summed E-state index contributed by atoms with van der Waals surface area (Å²) in [4.78, 5) is 11.0. The number of rotatable bonds is 5. The standard InChI is InChI=1S/C56H35N3/c1-3-14-36(15-4-1)42-28-29-51-49(32-42)55(44-27-26-37-16-7-8-19-39(37)30-44)58-56(57-51)48-35-45(31-43-22-11-12-23-46(43)48)59-52-25-13-24-47(38-17-5-2-6-18-38)54(52)50-33-40-20-9-10-21-41(40)34-53(50)59/h1-35H. The van der Waals surface area contributed by atoms with E-state index in [4.69, 9.17) is 9.97 Å². The summed E-state index contributed by atoms with van der Waals surface area (Å²) < 4.78 is 2.44. The molecular formula is C56H35N3. The molecule has 0 aliphatic rings. The lowest BCUT2D eigenvalue weighted by atomic mass is 9.98. The molecule has 0 saturated carbocycles. The highest BCUT2D eigenvalue weighted by molar-refractivity contribution is 6.19. The van der Waals surface area contributed by atoms with Crippen LogP contribution in [0.1, 0.15) is 0 Å². The molecule has 10 aromatic carbocycles. The van der Waals surface area contributed by atoms with Gasteiger partial charge in [-0.25, -0.2) is 9.97 Å². The molecule has 0 bridgehead atoms. The van der Waals surface area contributed by atoms with Crippen molar-refractivity contribution < 1.29 is 0 Å². The number of nitrogens with zero attached hydrogens (tertiary/aromatic N) is 3. The number of hydrogen-bond donors (Lipinski definition) is 0. The van der Waals surface area contributed by atoms with Crippen LogP contribution in [0.3, 0.4) is 0 Å². The van der Waals surface area contributed by atoms with Crippen LogP contribution < -0.4 is 0 Å². The largest absolute Gasteiger partial charge is 0.309 e. The minimum Gasteiger partial charge on any atom is -0.309 e. The van der Waals surface area contributed by atoms with Crippen LogP contribution in [0, 0.1) is 0 Å².